The van der Waals surface area contributed by atoms with E-state index >= 15 is 0 Å². The summed E-state index contributed by atoms with van der Waals surface area (Å²) in [4.78, 5) is 5.05. The number of nitrogens with two attached hydrogens (primary N) is 1. The Kier molecular flexibility index (Phi) is 3.79. The van der Waals surface area contributed by atoms with Crippen LogP contribution >= 0.6 is 15.9 Å². The van der Waals surface area contributed by atoms with E-state index in [4.69, 9.17) is 10.7 Å². The fourth-order valence-corrected chi connectivity index (χ4v) is 4.92. The van der Waals surface area contributed by atoms with Gasteiger partial charge in [-0.25, -0.2) is 4.98 Å². The minimum absolute atomic E-state index is 0.593. The second-order valence-corrected chi connectivity index (χ2v) is 8.62. The van der Waals surface area contributed by atoms with Crippen molar-refractivity contribution in [2.45, 2.75) is 19.3 Å². The molecule has 0 atom stereocenters. The Morgan fingerprint density at radius 3 is 2.93 bits per heavy atom. The predicted octanol–water partition coefficient (Wildman–Crippen LogP) is 4.25. The Morgan fingerprint density at radius 2 is 2.07 bits per heavy atom. The number of hydrogen-bond acceptors (Lipinski definition) is 4. The normalized spacial score (nSPS) is 18.1. The number of nitrogens with zero attached hydrogens (tertiary/aromatic N) is 3. The molecule has 6 heteroatoms. The molecule has 1 aromatic carbocycles. The Morgan fingerprint density at radius 1 is 1.17 bits per heavy atom. The van der Waals surface area contributed by atoms with Gasteiger partial charge in [-0.3, -0.25) is 0 Å². The molecule has 0 amide bonds. The zero-order valence-corrected chi connectivity index (χ0v) is 17.5. The van der Waals surface area contributed by atoms with Gasteiger partial charge in [0.05, 0.1) is 16.4 Å². The lowest BCUT2D eigenvalue weighted by Crippen LogP contribution is -2.20. The summed E-state index contributed by atoms with van der Waals surface area (Å²) in [6, 6.07) is 8.64. The van der Waals surface area contributed by atoms with Crippen LogP contribution in [-0.2, 0) is 6.42 Å². The molecule has 5 nitrogen and oxygen atoms in total. The standard InChI is InChI=1S/C23H20BrN5/c24-20-21(13-5-7-26-8-6-13)28-23-19(12-27-29(23)22(20)25)18-10-15-4-2-1-3-14(15)9-16-11-17(16)18/h1-5,10,12,26H,6-9,11,25H2. The van der Waals surface area contributed by atoms with Crippen LogP contribution in [0, 0.1) is 0 Å². The Bertz CT molecular complexity index is 1280. The molecule has 0 fully saturated rings. The van der Waals surface area contributed by atoms with Gasteiger partial charge in [-0.05, 0) is 75.7 Å². The molecule has 3 aromatic rings. The lowest BCUT2D eigenvalue weighted by atomic mass is 9.99. The molecule has 0 bridgehead atoms. The lowest BCUT2D eigenvalue weighted by molar-refractivity contribution is 0.736. The molecule has 2 aromatic heterocycles. The van der Waals surface area contributed by atoms with Crippen molar-refractivity contribution in [3.63, 3.8) is 0 Å². The highest BCUT2D eigenvalue weighted by Gasteiger charge is 2.31. The number of rotatable bonds is 2. The van der Waals surface area contributed by atoms with E-state index in [1.807, 2.05) is 6.20 Å². The molecule has 1 aliphatic heterocycles. The summed E-state index contributed by atoms with van der Waals surface area (Å²) in [5.74, 6) is 0.593. The molecular formula is C23H20BrN5. The largest absolute Gasteiger partial charge is 0.383 e. The minimum atomic E-state index is 0.593. The van der Waals surface area contributed by atoms with Crippen LogP contribution in [0.15, 0.2) is 52.2 Å². The summed E-state index contributed by atoms with van der Waals surface area (Å²) in [7, 11) is 0. The maximum absolute atomic E-state index is 6.46. The molecule has 0 spiro atoms. The number of nitrogens with one attached hydrogen (secondary N) is 1. The van der Waals surface area contributed by atoms with Crippen LogP contribution < -0.4 is 11.1 Å². The van der Waals surface area contributed by atoms with Crippen molar-refractivity contribution in [2.75, 3.05) is 18.8 Å². The highest BCUT2D eigenvalue weighted by atomic mass is 79.9. The maximum atomic E-state index is 6.46. The van der Waals surface area contributed by atoms with E-state index in [0.717, 1.165) is 53.7 Å². The van der Waals surface area contributed by atoms with Crippen molar-refractivity contribution in [2.24, 2.45) is 0 Å². The highest BCUT2D eigenvalue weighted by molar-refractivity contribution is 9.10. The number of hydrogen-bond donors (Lipinski definition) is 2. The number of aromatic nitrogens is 3. The molecule has 0 saturated carbocycles. The van der Waals surface area contributed by atoms with Crippen molar-refractivity contribution < 1.29 is 0 Å². The second kappa shape index (κ2) is 6.40. The summed E-state index contributed by atoms with van der Waals surface area (Å²) in [5, 5.41) is 7.94. The van der Waals surface area contributed by atoms with Crippen molar-refractivity contribution >= 4 is 44.6 Å². The van der Waals surface area contributed by atoms with Gasteiger partial charge in [0.1, 0.15) is 5.82 Å². The van der Waals surface area contributed by atoms with E-state index in [1.54, 1.807) is 4.52 Å². The van der Waals surface area contributed by atoms with Crippen LogP contribution in [0.25, 0.3) is 22.9 Å². The van der Waals surface area contributed by atoms with Crippen molar-refractivity contribution in [1.82, 2.24) is 19.9 Å². The van der Waals surface area contributed by atoms with E-state index in [2.05, 4.69) is 62.8 Å². The summed E-state index contributed by atoms with van der Waals surface area (Å²) in [6.07, 6.45) is 9.46. The third-order valence-electron chi connectivity index (χ3n) is 6.06. The first-order valence-electron chi connectivity index (χ1n) is 9.95. The molecule has 6 rings (SSSR count). The predicted molar refractivity (Wildman–Crippen MR) is 120 cm³/mol. The Balaban J connectivity index is 1.57. The molecule has 144 valence electrons. The van der Waals surface area contributed by atoms with Crippen LogP contribution in [-0.4, -0.2) is 27.7 Å². The van der Waals surface area contributed by atoms with E-state index < -0.39 is 0 Å². The van der Waals surface area contributed by atoms with Crippen LogP contribution in [0.3, 0.4) is 0 Å². The minimum Gasteiger partial charge on any atom is -0.383 e. The van der Waals surface area contributed by atoms with Gasteiger partial charge < -0.3 is 11.1 Å². The molecule has 0 radical (unpaired) electrons. The van der Waals surface area contributed by atoms with Crippen LogP contribution in [0.1, 0.15) is 35.2 Å². The van der Waals surface area contributed by atoms with Gasteiger partial charge in [0, 0.05) is 12.1 Å². The zero-order valence-electron chi connectivity index (χ0n) is 15.9. The average Bonchev–Trinajstić information content (AvgIpc) is 3.41. The topological polar surface area (TPSA) is 68.2 Å². The molecule has 29 heavy (non-hydrogen) atoms. The summed E-state index contributed by atoms with van der Waals surface area (Å²) in [5.41, 5.74) is 17.4. The van der Waals surface area contributed by atoms with Gasteiger partial charge in [0.2, 0.25) is 0 Å². The van der Waals surface area contributed by atoms with E-state index in [-0.39, 0.29) is 0 Å². The van der Waals surface area contributed by atoms with Gasteiger partial charge in [-0.1, -0.05) is 35.9 Å². The van der Waals surface area contributed by atoms with Gasteiger partial charge in [0.15, 0.2) is 5.65 Å². The maximum Gasteiger partial charge on any atom is 0.165 e. The molecule has 3 N–H and O–H groups in total. The number of allylic oxidation sites excluding steroid dienone is 3. The fraction of sp³-hybridized carbons (Fsp3) is 0.217. The van der Waals surface area contributed by atoms with Crippen LogP contribution in [0.5, 0.6) is 0 Å². The second-order valence-electron chi connectivity index (χ2n) is 7.83. The van der Waals surface area contributed by atoms with Crippen molar-refractivity contribution in [3.05, 3.63) is 74.5 Å². The number of nitrogen functional groups attached to an aromatic ring is 1. The number of anilines is 1. The van der Waals surface area contributed by atoms with E-state index in [9.17, 15) is 0 Å². The quantitative estimate of drug-likeness (QED) is 0.618. The summed E-state index contributed by atoms with van der Waals surface area (Å²) in [6.45, 7) is 1.81. The average molecular weight is 446 g/mol. The molecule has 3 heterocycles. The number of halogens is 1. The molecule has 3 aliphatic rings. The van der Waals surface area contributed by atoms with Gasteiger partial charge in [-0.2, -0.15) is 9.61 Å². The van der Waals surface area contributed by atoms with Gasteiger partial charge in [-0.15, -0.1) is 0 Å². The van der Waals surface area contributed by atoms with Gasteiger partial charge in [0.25, 0.3) is 0 Å². The van der Waals surface area contributed by atoms with E-state index in [0.29, 0.717) is 5.82 Å². The number of benzene rings is 1. The van der Waals surface area contributed by atoms with Crippen LogP contribution in [0.4, 0.5) is 5.82 Å². The Labute approximate surface area is 177 Å². The van der Waals surface area contributed by atoms with Gasteiger partial charge >= 0.3 is 0 Å². The monoisotopic (exact) mass is 445 g/mol. The first-order chi connectivity index (χ1) is 14.2. The first-order valence-corrected chi connectivity index (χ1v) is 10.7. The number of fused-ring (bicyclic) bond motifs is 2. The third-order valence-corrected chi connectivity index (χ3v) is 6.84. The molecule has 2 aliphatic carbocycles. The van der Waals surface area contributed by atoms with E-state index in [1.165, 1.54) is 33.4 Å². The Hall–Kier alpha value is -2.70. The van der Waals surface area contributed by atoms with Crippen molar-refractivity contribution in [3.8, 4) is 0 Å². The fourth-order valence-electron chi connectivity index (χ4n) is 4.41. The first kappa shape index (κ1) is 17.2. The summed E-state index contributed by atoms with van der Waals surface area (Å²) >= 11 is 3.66. The lowest BCUT2D eigenvalue weighted by Gasteiger charge is -2.16. The molecule has 0 unspecified atom stereocenters. The van der Waals surface area contributed by atoms with Crippen LogP contribution in [0.2, 0.25) is 0 Å². The zero-order chi connectivity index (χ0) is 19.5. The summed E-state index contributed by atoms with van der Waals surface area (Å²) < 4.78 is 2.57. The molecule has 0 saturated heterocycles. The highest BCUT2D eigenvalue weighted by Crippen LogP contribution is 2.48. The van der Waals surface area contributed by atoms with Crippen molar-refractivity contribution in [1.29, 1.82) is 0 Å². The molecular weight excluding hydrogens is 426 g/mol. The smallest absolute Gasteiger partial charge is 0.165 e. The SMILES string of the molecule is Nc1c(Br)c(C2=CCNCC2)nc2c(C3=Cc4ccccc4CC4=C3C4)cnn12. The third kappa shape index (κ3) is 2.70.